The highest BCUT2D eigenvalue weighted by Crippen LogP contribution is 2.24. The van der Waals surface area contributed by atoms with E-state index < -0.39 is 4.92 Å². The molecular formula is C13H17BrN2O3. The molecule has 1 N–H and O–H groups in total. The first kappa shape index (κ1) is 15.6. The van der Waals surface area contributed by atoms with E-state index in [1.165, 1.54) is 6.07 Å². The first-order valence-corrected chi connectivity index (χ1v) is 7.00. The normalized spacial score (nSPS) is 12.3. The van der Waals surface area contributed by atoms with Crippen LogP contribution in [0.15, 0.2) is 18.2 Å². The van der Waals surface area contributed by atoms with Crippen LogP contribution in [0.2, 0.25) is 0 Å². The first-order chi connectivity index (χ1) is 8.86. The van der Waals surface area contributed by atoms with Crippen molar-refractivity contribution in [2.75, 3.05) is 5.32 Å². The fourth-order valence-electron chi connectivity index (χ4n) is 1.62. The fourth-order valence-corrected chi connectivity index (χ4v) is 1.74. The number of nitro groups is 1. The van der Waals surface area contributed by atoms with Crippen LogP contribution in [0.3, 0.4) is 0 Å². The minimum atomic E-state index is -0.428. The van der Waals surface area contributed by atoms with Gasteiger partial charge in [0.25, 0.3) is 5.69 Å². The van der Waals surface area contributed by atoms with E-state index in [-0.39, 0.29) is 22.3 Å². The molecule has 1 rings (SSSR count). The number of nitrogens with zero attached hydrogens (tertiary/aromatic N) is 1. The number of alkyl halides is 1. The van der Waals surface area contributed by atoms with Gasteiger partial charge < -0.3 is 5.32 Å². The summed E-state index contributed by atoms with van der Waals surface area (Å²) in [4.78, 5) is 22.1. The van der Waals surface area contributed by atoms with Crippen LogP contribution in [0.5, 0.6) is 0 Å². The van der Waals surface area contributed by atoms with Crippen molar-refractivity contribution < 1.29 is 9.72 Å². The molecule has 1 amide bonds. The molecule has 0 aromatic heterocycles. The second kappa shape index (κ2) is 6.65. The molecule has 0 aliphatic rings. The van der Waals surface area contributed by atoms with Gasteiger partial charge in [-0.05, 0) is 18.4 Å². The monoisotopic (exact) mass is 328 g/mol. The Labute approximate surface area is 120 Å². The summed E-state index contributed by atoms with van der Waals surface area (Å²) in [6.07, 6.45) is 0.581. The number of amides is 1. The number of nitro benzene ring substituents is 1. The number of benzene rings is 1. The number of hydrogen-bond donors (Lipinski definition) is 1. The zero-order valence-corrected chi connectivity index (χ0v) is 12.7. The Morgan fingerprint density at radius 1 is 1.47 bits per heavy atom. The van der Waals surface area contributed by atoms with Crippen molar-refractivity contribution in [2.45, 2.75) is 32.0 Å². The Hall–Kier alpha value is -1.43. The third-order valence-electron chi connectivity index (χ3n) is 2.77. The lowest BCUT2D eigenvalue weighted by molar-refractivity contribution is -0.385. The summed E-state index contributed by atoms with van der Waals surface area (Å²) in [5.74, 6) is -0.0570. The lowest BCUT2D eigenvalue weighted by Gasteiger charge is -2.14. The summed E-state index contributed by atoms with van der Waals surface area (Å²) in [7, 11) is 0. The fraction of sp³-hybridized carbons (Fsp3) is 0.462. The molecule has 19 heavy (non-hydrogen) atoms. The van der Waals surface area contributed by atoms with Crippen LogP contribution < -0.4 is 5.32 Å². The Morgan fingerprint density at radius 2 is 2.11 bits per heavy atom. The number of hydrogen-bond acceptors (Lipinski definition) is 3. The molecule has 0 radical (unpaired) electrons. The van der Waals surface area contributed by atoms with Crippen LogP contribution in [0.4, 0.5) is 11.4 Å². The molecule has 6 heteroatoms. The number of rotatable bonds is 5. The molecule has 1 unspecified atom stereocenters. The molecule has 0 heterocycles. The van der Waals surface area contributed by atoms with Gasteiger partial charge in [0.1, 0.15) is 0 Å². The zero-order chi connectivity index (χ0) is 14.6. The SMILES string of the molecule is CCc1ccc(NC(=O)C(Br)C(C)C)cc1[N+](=O)[O-]. The van der Waals surface area contributed by atoms with E-state index in [2.05, 4.69) is 21.2 Å². The van der Waals surface area contributed by atoms with Crippen LogP contribution in [0, 0.1) is 16.0 Å². The molecule has 5 nitrogen and oxygen atoms in total. The van der Waals surface area contributed by atoms with Gasteiger partial charge in [0.2, 0.25) is 5.91 Å². The van der Waals surface area contributed by atoms with E-state index in [0.29, 0.717) is 17.7 Å². The molecule has 0 saturated heterocycles. The van der Waals surface area contributed by atoms with Crippen molar-refractivity contribution in [2.24, 2.45) is 5.92 Å². The first-order valence-electron chi connectivity index (χ1n) is 6.09. The maximum atomic E-state index is 11.9. The molecule has 104 valence electrons. The summed E-state index contributed by atoms with van der Waals surface area (Å²) in [5, 5.41) is 13.6. The van der Waals surface area contributed by atoms with Crippen molar-refractivity contribution >= 4 is 33.2 Å². The molecule has 0 bridgehead atoms. The molecule has 1 aromatic rings. The largest absolute Gasteiger partial charge is 0.325 e. The molecule has 0 aliphatic heterocycles. The number of carbonyl (C=O) groups is 1. The van der Waals surface area contributed by atoms with E-state index in [0.717, 1.165) is 0 Å². The van der Waals surface area contributed by atoms with Gasteiger partial charge >= 0.3 is 0 Å². The lowest BCUT2D eigenvalue weighted by atomic mass is 10.1. The summed E-state index contributed by atoms with van der Waals surface area (Å²) in [5.41, 5.74) is 1.14. The minimum Gasteiger partial charge on any atom is -0.325 e. The molecule has 1 atom stereocenters. The van der Waals surface area contributed by atoms with Gasteiger partial charge in [-0.15, -0.1) is 0 Å². The summed E-state index contributed by atoms with van der Waals surface area (Å²) in [6, 6.07) is 4.76. The average molecular weight is 329 g/mol. The maximum absolute atomic E-state index is 11.9. The van der Waals surface area contributed by atoms with Gasteiger partial charge in [0.05, 0.1) is 9.75 Å². The van der Waals surface area contributed by atoms with Crippen LogP contribution in [0.1, 0.15) is 26.3 Å². The number of halogens is 1. The summed E-state index contributed by atoms with van der Waals surface area (Å²) in [6.45, 7) is 5.69. The predicted molar refractivity (Wildman–Crippen MR) is 78.7 cm³/mol. The Balaban J connectivity index is 2.94. The number of anilines is 1. The van der Waals surface area contributed by atoms with Gasteiger partial charge in [-0.25, -0.2) is 0 Å². The topological polar surface area (TPSA) is 72.2 Å². The highest BCUT2D eigenvalue weighted by Gasteiger charge is 2.20. The average Bonchev–Trinajstić information content (AvgIpc) is 2.37. The van der Waals surface area contributed by atoms with Gasteiger partial charge in [0, 0.05) is 17.3 Å². The van der Waals surface area contributed by atoms with Crippen molar-refractivity contribution in [3.63, 3.8) is 0 Å². The Kier molecular flexibility index (Phi) is 5.47. The van der Waals surface area contributed by atoms with Crippen molar-refractivity contribution in [3.05, 3.63) is 33.9 Å². The van der Waals surface area contributed by atoms with E-state index in [1.807, 2.05) is 20.8 Å². The van der Waals surface area contributed by atoms with Crippen LogP contribution >= 0.6 is 15.9 Å². The zero-order valence-electron chi connectivity index (χ0n) is 11.1. The van der Waals surface area contributed by atoms with Crippen LogP contribution in [-0.4, -0.2) is 15.7 Å². The molecule has 0 aliphatic carbocycles. The standard InChI is InChI=1S/C13H17BrN2O3/c1-4-9-5-6-10(7-11(9)16(18)19)15-13(17)12(14)8(2)3/h5-8,12H,4H2,1-3H3,(H,15,17). The Morgan fingerprint density at radius 3 is 2.58 bits per heavy atom. The van der Waals surface area contributed by atoms with E-state index >= 15 is 0 Å². The lowest BCUT2D eigenvalue weighted by Crippen LogP contribution is -2.27. The number of carbonyl (C=O) groups excluding carboxylic acids is 1. The van der Waals surface area contributed by atoms with Crippen molar-refractivity contribution in [1.29, 1.82) is 0 Å². The number of aryl methyl sites for hydroxylation is 1. The van der Waals surface area contributed by atoms with Crippen LogP contribution in [0.25, 0.3) is 0 Å². The molecule has 0 spiro atoms. The highest BCUT2D eigenvalue weighted by atomic mass is 79.9. The Bertz CT molecular complexity index is 489. The second-order valence-electron chi connectivity index (χ2n) is 4.59. The van der Waals surface area contributed by atoms with E-state index in [4.69, 9.17) is 0 Å². The van der Waals surface area contributed by atoms with E-state index in [1.54, 1.807) is 12.1 Å². The van der Waals surface area contributed by atoms with Gasteiger partial charge in [-0.2, -0.15) is 0 Å². The molecule has 0 saturated carbocycles. The third-order valence-corrected chi connectivity index (χ3v) is 4.24. The van der Waals surface area contributed by atoms with Crippen molar-refractivity contribution in [1.82, 2.24) is 0 Å². The quantitative estimate of drug-likeness (QED) is 0.510. The second-order valence-corrected chi connectivity index (χ2v) is 5.58. The summed E-state index contributed by atoms with van der Waals surface area (Å²) < 4.78 is 0. The van der Waals surface area contributed by atoms with Gasteiger partial charge in [-0.3, -0.25) is 14.9 Å². The molecule has 0 fully saturated rings. The van der Waals surface area contributed by atoms with Gasteiger partial charge in [-0.1, -0.05) is 42.8 Å². The molecular weight excluding hydrogens is 312 g/mol. The maximum Gasteiger partial charge on any atom is 0.274 e. The highest BCUT2D eigenvalue weighted by molar-refractivity contribution is 9.10. The smallest absolute Gasteiger partial charge is 0.274 e. The predicted octanol–water partition coefficient (Wildman–Crippen LogP) is 3.52. The van der Waals surface area contributed by atoms with Crippen LogP contribution in [-0.2, 0) is 11.2 Å². The minimum absolute atomic E-state index is 0.0379. The third kappa shape index (κ3) is 4.02. The molecule has 1 aromatic carbocycles. The van der Waals surface area contributed by atoms with Gasteiger partial charge in [0.15, 0.2) is 0 Å². The number of nitrogens with one attached hydrogen (secondary N) is 1. The summed E-state index contributed by atoms with van der Waals surface area (Å²) >= 11 is 3.29. The van der Waals surface area contributed by atoms with Crippen molar-refractivity contribution in [3.8, 4) is 0 Å². The van der Waals surface area contributed by atoms with E-state index in [9.17, 15) is 14.9 Å².